The Balaban J connectivity index is 1.57. The first kappa shape index (κ1) is 20.6. The molecule has 0 radical (unpaired) electrons. The molecule has 3 amide bonds. The van der Waals surface area contributed by atoms with Gasteiger partial charge in [-0.1, -0.05) is 29.8 Å². The van der Waals surface area contributed by atoms with E-state index in [0.29, 0.717) is 18.0 Å². The van der Waals surface area contributed by atoms with Gasteiger partial charge in [-0.2, -0.15) is 4.37 Å². The largest absolute Gasteiger partial charge is 0.472 e. The van der Waals surface area contributed by atoms with Gasteiger partial charge in [0.2, 0.25) is 5.88 Å². The highest BCUT2D eigenvalue weighted by molar-refractivity contribution is 7.11. The van der Waals surface area contributed by atoms with Gasteiger partial charge in [0.25, 0.3) is 5.91 Å². The summed E-state index contributed by atoms with van der Waals surface area (Å²) in [6, 6.07) is 10.5. The molecule has 3 rings (SSSR count). The number of anilines is 1. The van der Waals surface area contributed by atoms with Crippen LogP contribution in [0.2, 0.25) is 5.02 Å². The topological polar surface area (TPSA) is 119 Å². The maximum Gasteiger partial charge on any atom is 0.319 e. The summed E-state index contributed by atoms with van der Waals surface area (Å²) >= 11 is 6.86. The molecule has 8 nitrogen and oxygen atoms in total. The number of aromatic nitrogens is 2. The number of hydrogen-bond donors (Lipinski definition) is 3. The summed E-state index contributed by atoms with van der Waals surface area (Å²) in [6.07, 6.45) is 3.90. The van der Waals surface area contributed by atoms with E-state index in [1.807, 2.05) is 24.3 Å². The number of nitrogens with zero attached hydrogens (tertiary/aromatic N) is 2. The van der Waals surface area contributed by atoms with E-state index in [1.165, 1.54) is 0 Å². The summed E-state index contributed by atoms with van der Waals surface area (Å²) in [5, 5.41) is 6.17. The molecular weight excluding hydrogens is 414 g/mol. The summed E-state index contributed by atoms with van der Waals surface area (Å²) < 4.78 is 9.66. The van der Waals surface area contributed by atoms with Gasteiger partial charge >= 0.3 is 6.03 Å². The smallest absolute Gasteiger partial charge is 0.319 e. The number of ether oxygens (including phenoxy) is 1. The fraction of sp³-hybridized carbons (Fsp3) is 0.158. The Labute approximate surface area is 176 Å². The number of carbonyl (C=O) groups excluding carboxylic acids is 2. The van der Waals surface area contributed by atoms with E-state index in [0.717, 1.165) is 22.7 Å². The van der Waals surface area contributed by atoms with Crippen LogP contribution in [-0.2, 0) is 13.0 Å². The minimum absolute atomic E-state index is 0.0314. The molecule has 0 atom stereocenters. The number of nitrogens with one attached hydrogen (secondary N) is 2. The Morgan fingerprint density at radius 3 is 2.76 bits per heavy atom. The summed E-state index contributed by atoms with van der Waals surface area (Å²) in [5.74, 6) is -0.672. The number of amides is 3. The average Bonchev–Trinajstić information content (AvgIpc) is 3.10. The second-order valence-electron chi connectivity index (χ2n) is 5.97. The maximum absolute atomic E-state index is 12.2. The number of nitrogens with two attached hydrogens (primary N) is 1. The van der Waals surface area contributed by atoms with Crippen molar-refractivity contribution >= 4 is 40.1 Å². The SMILES string of the molecule is NC(=O)c1c(OCc2cccnc2)nsc1NC(=O)NCCc1cccc(Cl)c1. The van der Waals surface area contributed by atoms with Crippen LogP contribution in [0.3, 0.4) is 0 Å². The summed E-state index contributed by atoms with van der Waals surface area (Å²) in [5.41, 5.74) is 7.29. The number of primary amides is 1. The van der Waals surface area contributed by atoms with Gasteiger partial charge in [0, 0.05) is 29.5 Å². The summed E-state index contributed by atoms with van der Waals surface area (Å²) in [7, 11) is 0. The summed E-state index contributed by atoms with van der Waals surface area (Å²) in [4.78, 5) is 28.0. The fourth-order valence-electron chi connectivity index (χ4n) is 2.47. The molecule has 10 heteroatoms. The zero-order valence-electron chi connectivity index (χ0n) is 15.2. The van der Waals surface area contributed by atoms with Crippen LogP contribution in [0, 0.1) is 0 Å². The summed E-state index contributed by atoms with van der Waals surface area (Å²) in [6.45, 7) is 0.560. The molecule has 0 fully saturated rings. The standard InChI is InChI=1S/C19H18ClN5O3S/c20-14-5-1-3-12(9-14)6-8-23-19(27)24-18-15(16(21)26)17(25-29-18)28-11-13-4-2-7-22-10-13/h1-5,7,9-10H,6,8,11H2,(H2,21,26)(H2,23,24,27). The van der Waals surface area contributed by atoms with E-state index in [1.54, 1.807) is 24.5 Å². The van der Waals surface area contributed by atoms with Crippen LogP contribution in [0.4, 0.5) is 9.80 Å². The van der Waals surface area contributed by atoms with Crippen molar-refractivity contribution in [2.45, 2.75) is 13.0 Å². The minimum Gasteiger partial charge on any atom is -0.472 e. The van der Waals surface area contributed by atoms with Gasteiger partial charge in [-0.15, -0.1) is 0 Å². The Morgan fingerprint density at radius 1 is 1.21 bits per heavy atom. The Hall–Kier alpha value is -3.17. The third kappa shape index (κ3) is 5.90. The molecule has 150 valence electrons. The first-order valence-corrected chi connectivity index (χ1v) is 9.78. The molecule has 29 heavy (non-hydrogen) atoms. The van der Waals surface area contributed by atoms with Gasteiger partial charge in [0.05, 0.1) is 0 Å². The molecule has 0 aliphatic rings. The van der Waals surface area contributed by atoms with Crippen LogP contribution >= 0.6 is 23.1 Å². The minimum atomic E-state index is -0.742. The van der Waals surface area contributed by atoms with E-state index in [2.05, 4.69) is 20.0 Å². The van der Waals surface area contributed by atoms with Crippen molar-refractivity contribution in [3.8, 4) is 5.88 Å². The van der Waals surface area contributed by atoms with Gasteiger partial charge in [0.1, 0.15) is 17.2 Å². The molecule has 0 saturated heterocycles. The highest BCUT2D eigenvalue weighted by Gasteiger charge is 2.22. The van der Waals surface area contributed by atoms with Crippen molar-refractivity contribution in [1.82, 2.24) is 14.7 Å². The van der Waals surface area contributed by atoms with Crippen molar-refractivity contribution in [3.63, 3.8) is 0 Å². The number of pyridine rings is 1. The van der Waals surface area contributed by atoms with E-state index in [4.69, 9.17) is 22.1 Å². The molecule has 0 unspecified atom stereocenters. The molecule has 1 aromatic carbocycles. The highest BCUT2D eigenvalue weighted by Crippen LogP contribution is 2.30. The van der Waals surface area contributed by atoms with Crippen molar-refractivity contribution < 1.29 is 14.3 Å². The number of urea groups is 1. The van der Waals surface area contributed by atoms with E-state index in [9.17, 15) is 9.59 Å². The van der Waals surface area contributed by atoms with Gasteiger partial charge in [-0.3, -0.25) is 15.1 Å². The zero-order valence-corrected chi connectivity index (χ0v) is 16.8. The molecule has 3 aromatic rings. The second-order valence-corrected chi connectivity index (χ2v) is 7.18. The molecule has 2 aromatic heterocycles. The quantitative estimate of drug-likeness (QED) is 0.505. The van der Waals surface area contributed by atoms with Crippen LogP contribution in [0.5, 0.6) is 5.88 Å². The highest BCUT2D eigenvalue weighted by atomic mass is 35.5. The average molecular weight is 432 g/mol. The van der Waals surface area contributed by atoms with Gasteiger partial charge < -0.3 is 15.8 Å². The van der Waals surface area contributed by atoms with Crippen LogP contribution in [-0.4, -0.2) is 27.8 Å². The van der Waals surface area contributed by atoms with Gasteiger partial charge in [-0.25, -0.2) is 4.79 Å². The lowest BCUT2D eigenvalue weighted by atomic mass is 10.1. The van der Waals surface area contributed by atoms with Crippen LogP contribution in [0.15, 0.2) is 48.8 Å². The third-order valence-electron chi connectivity index (χ3n) is 3.82. The molecule has 4 N–H and O–H groups in total. The first-order valence-electron chi connectivity index (χ1n) is 8.63. The Morgan fingerprint density at radius 2 is 2.03 bits per heavy atom. The number of carbonyl (C=O) groups is 2. The van der Waals surface area contributed by atoms with E-state index in [-0.39, 0.29) is 23.1 Å². The third-order valence-corrected chi connectivity index (χ3v) is 4.80. The molecular formula is C19H18ClN5O3S. The molecule has 0 aliphatic heterocycles. The van der Waals surface area contributed by atoms with E-state index < -0.39 is 11.9 Å². The monoisotopic (exact) mass is 431 g/mol. The molecule has 0 aliphatic carbocycles. The predicted octanol–water partition coefficient (Wildman–Crippen LogP) is 3.23. The van der Waals surface area contributed by atoms with Crippen molar-refractivity contribution in [2.75, 3.05) is 11.9 Å². The number of benzene rings is 1. The predicted molar refractivity (Wildman–Crippen MR) is 111 cm³/mol. The number of halogens is 1. The maximum atomic E-state index is 12.2. The Kier molecular flexibility index (Phi) is 6.99. The van der Waals surface area contributed by atoms with Crippen molar-refractivity contribution in [2.24, 2.45) is 5.73 Å². The number of rotatable bonds is 8. The molecule has 0 saturated carbocycles. The normalized spacial score (nSPS) is 10.4. The van der Waals surface area contributed by atoms with Crippen LogP contribution < -0.4 is 21.1 Å². The molecule has 2 heterocycles. The van der Waals surface area contributed by atoms with Gasteiger partial charge in [-0.05, 0) is 41.7 Å². The molecule has 0 spiro atoms. The number of hydrogen-bond acceptors (Lipinski definition) is 6. The lowest BCUT2D eigenvalue weighted by Gasteiger charge is -2.08. The van der Waals surface area contributed by atoms with Gasteiger partial charge in [0.15, 0.2) is 0 Å². The lowest BCUT2D eigenvalue weighted by molar-refractivity contribution is 0.0996. The van der Waals surface area contributed by atoms with Crippen molar-refractivity contribution in [1.29, 1.82) is 0 Å². The van der Waals surface area contributed by atoms with E-state index >= 15 is 0 Å². The Bertz CT molecular complexity index is 997. The first-order chi connectivity index (χ1) is 14.0. The van der Waals surface area contributed by atoms with Crippen LogP contribution in [0.25, 0.3) is 0 Å². The fourth-order valence-corrected chi connectivity index (χ4v) is 3.42. The van der Waals surface area contributed by atoms with Crippen molar-refractivity contribution in [3.05, 3.63) is 70.5 Å². The second kappa shape index (κ2) is 9.85. The van der Waals surface area contributed by atoms with Crippen LogP contribution in [0.1, 0.15) is 21.5 Å². The lowest BCUT2D eigenvalue weighted by Crippen LogP contribution is -2.31. The zero-order chi connectivity index (χ0) is 20.6. The molecule has 0 bridgehead atoms.